The van der Waals surface area contributed by atoms with Gasteiger partial charge in [0.05, 0.1) is 0 Å². The largest absolute Gasteiger partial charge is 0.465 e. The fraction of sp³-hybridized carbons (Fsp3) is 0.500. The Morgan fingerprint density at radius 3 is 2.38 bits per heavy atom. The van der Waals surface area contributed by atoms with E-state index in [-0.39, 0.29) is 12.5 Å². The van der Waals surface area contributed by atoms with Crippen LogP contribution in [-0.2, 0) is 11.3 Å². The van der Waals surface area contributed by atoms with Crippen LogP contribution >= 0.6 is 0 Å². The summed E-state index contributed by atoms with van der Waals surface area (Å²) >= 11 is 0. The third kappa shape index (κ3) is 2.86. The van der Waals surface area contributed by atoms with Crippen LogP contribution in [0, 0.1) is 0 Å². The number of carbonyl (C=O) groups excluding carboxylic acids is 1. The number of carboxylic acid groups (broad SMARTS) is 1. The van der Waals surface area contributed by atoms with Crippen molar-refractivity contribution in [1.29, 1.82) is 0 Å². The minimum absolute atomic E-state index is 0.208. The zero-order chi connectivity index (χ0) is 14.8. The first-order valence-corrected chi connectivity index (χ1v) is 7.51. The fourth-order valence-corrected chi connectivity index (χ4v) is 3.19. The lowest BCUT2D eigenvalue weighted by atomic mass is 9.96. The number of hydrogen-bond donors (Lipinski definition) is 2. The third-order valence-electron chi connectivity index (χ3n) is 4.55. The molecule has 0 bridgehead atoms. The number of nitrogens with one attached hydrogen (secondary N) is 1. The molecule has 0 spiro atoms. The molecule has 1 heterocycles. The molecule has 5 nitrogen and oxygen atoms in total. The van der Waals surface area contributed by atoms with Crippen LogP contribution in [0.2, 0.25) is 0 Å². The molecule has 1 aliphatic heterocycles. The normalized spacial score (nSPS) is 21.7. The van der Waals surface area contributed by atoms with Crippen molar-refractivity contribution in [2.45, 2.75) is 44.2 Å². The molecule has 0 radical (unpaired) electrons. The van der Waals surface area contributed by atoms with E-state index in [4.69, 9.17) is 0 Å². The molecule has 112 valence electrons. The molecule has 5 heteroatoms. The average molecular weight is 288 g/mol. The standard InChI is InChI=1S/C16H20N2O3/c19-15-14(9-17-15)18(16(20)21)10-11-5-7-13(8-6-11)12-3-1-2-4-12/h5-8,12,14H,1-4,9-10H2,(H,17,19)(H,20,21)/t14-/m0/s1. The molecule has 1 saturated heterocycles. The van der Waals surface area contributed by atoms with Gasteiger partial charge in [-0.1, -0.05) is 37.1 Å². The highest BCUT2D eigenvalue weighted by Gasteiger charge is 2.36. The van der Waals surface area contributed by atoms with Gasteiger partial charge in [0.25, 0.3) is 0 Å². The number of amides is 2. The van der Waals surface area contributed by atoms with Gasteiger partial charge in [0.1, 0.15) is 6.04 Å². The van der Waals surface area contributed by atoms with Crippen LogP contribution in [0.5, 0.6) is 0 Å². The van der Waals surface area contributed by atoms with Gasteiger partial charge in [-0.2, -0.15) is 0 Å². The molecule has 1 atom stereocenters. The molecule has 0 aromatic heterocycles. The monoisotopic (exact) mass is 288 g/mol. The van der Waals surface area contributed by atoms with E-state index in [0.29, 0.717) is 12.5 Å². The van der Waals surface area contributed by atoms with Crippen LogP contribution < -0.4 is 5.32 Å². The van der Waals surface area contributed by atoms with Crippen molar-refractivity contribution in [2.75, 3.05) is 6.54 Å². The smallest absolute Gasteiger partial charge is 0.408 e. The Bertz CT molecular complexity index is 535. The summed E-state index contributed by atoms with van der Waals surface area (Å²) in [7, 11) is 0. The van der Waals surface area contributed by atoms with Gasteiger partial charge in [-0.15, -0.1) is 0 Å². The number of benzene rings is 1. The Morgan fingerprint density at radius 1 is 1.24 bits per heavy atom. The molecule has 1 saturated carbocycles. The molecule has 2 fully saturated rings. The van der Waals surface area contributed by atoms with Crippen molar-refractivity contribution in [3.8, 4) is 0 Å². The summed E-state index contributed by atoms with van der Waals surface area (Å²) in [5.74, 6) is 0.451. The summed E-state index contributed by atoms with van der Waals surface area (Å²) < 4.78 is 0. The van der Waals surface area contributed by atoms with Crippen LogP contribution in [0.4, 0.5) is 4.79 Å². The van der Waals surface area contributed by atoms with Crippen molar-refractivity contribution in [1.82, 2.24) is 10.2 Å². The van der Waals surface area contributed by atoms with Crippen LogP contribution in [0.1, 0.15) is 42.7 Å². The summed E-state index contributed by atoms with van der Waals surface area (Å²) in [5.41, 5.74) is 2.28. The third-order valence-corrected chi connectivity index (χ3v) is 4.55. The van der Waals surface area contributed by atoms with Gasteiger partial charge < -0.3 is 10.4 Å². The Balaban J connectivity index is 1.68. The van der Waals surface area contributed by atoms with Crippen LogP contribution in [0.3, 0.4) is 0 Å². The number of β-lactam (4-membered cyclic amide) rings is 1. The lowest BCUT2D eigenvalue weighted by Crippen LogP contribution is -2.62. The molecule has 1 aromatic rings. The molecule has 0 unspecified atom stereocenters. The molecule has 1 aliphatic carbocycles. The van der Waals surface area contributed by atoms with Gasteiger partial charge in [-0.25, -0.2) is 4.79 Å². The maximum absolute atomic E-state index is 11.4. The van der Waals surface area contributed by atoms with Gasteiger partial charge in [0.15, 0.2) is 0 Å². The molecule has 1 aromatic carbocycles. The highest BCUT2D eigenvalue weighted by atomic mass is 16.4. The summed E-state index contributed by atoms with van der Waals surface area (Å²) in [6.07, 6.45) is 4.06. The lowest BCUT2D eigenvalue weighted by molar-refractivity contribution is -0.132. The molecular formula is C16H20N2O3. The Kier molecular flexibility index (Phi) is 3.82. The minimum atomic E-state index is -1.05. The summed E-state index contributed by atoms with van der Waals surface area (Å²) in [5, 5.41) is 11.8. The Morgan fingerprint density at radius 2 is 1.90 bits per heavy atom. The number of nitrogens with zero attached hydrogens (tertiary/aromatic N) is 1. The van der Waals surface area contributed by atoms with E-state index in [2.05, 4.69) is 17.4 Å². The van der Waals surface area contributed by atoms with E-state index in [1.165, 1.54) is 36.1 Å². The van der Waals surface area contributed by atoms with Gasteiger partial charge in [-0.05, 0) is 29.9 Å². The van der Waals surface area contributed by atoms with E-state index in [1.807, 2.05) is 12.1 Å². The van der Waals surface area contributed by atoms with Crippen LogP contribution in [0.15, 0.2) is 24.3 Å². The molecule has 3 rings (SSSR count). The van der Waals surface area contributed by atoms with Crippen molar-refractivity contribution in [3.05, 3.63) is 35.4 Å². The highest BCUT2D eigenvalue weighted by Crippen LogP contribution is 2.34. The maximum atomic E-state index is 11.4. The maximum Gasteiger partial charge on any atom is 0.408 e. The second kappa shape index (κ2) is 5.76. The topological polar surface area (TPSA) is 69.6 Å². The lowest BCUT2D eigenvalue weighted by Gasteiger charge is -2.34. The van der Waals surface area contributed by atoms with Gasteiger partial charge in [0.2, 0.25) is 5.91 Å². The second-order valence-corrected chi connectivity index (χ2v) is 5.89. The molecule has 2 amide bonds. The summed E-state index contributed by atoms with van der Waals surface area (Å²) in [6, 6.07) is 7.63. The predicted octanol–water partition coefficient (Wildman–Crippen LogP) is 2.32. The van der Waals surface area contributed by atoms with Crippen molar-refractivity contribution >= 4 is 12.0 Å². The average Bonchev–Trinajstić information content (AvgIpc) is 3.00. The van der Waals surface area contributed by atoms with E-state index in [0.717, 1.165) is 5.56 Å². The minimum Gasteiger partial charge on any atom is -0.465 e. The van der Waals surface area contributed by atoms with Crippen molar-refractivity contribution in [2.24, 2.45) is 0 Å². The zero-order valence-electron chi connectivity index (χ0n) is 11.9. The fourth-order valence-electron chi connectivity index (χ4n) is 3.19. The Labute approximate surface area is 123 Å². The van der Waals surface area contributed by atoms with E-state index in [9.17, 15) is 14.7 Å². The summed E-state index contributed by atoms with van der Waals surface area (Å²) in [4.78, 5) is 23.9. The number of hydrogen-bond acceptors (Lipinski definition) is 2. The van der Waals surface area contributed by atoms with E-state index in [1.54, 1.807) is 0 Å². The van der Waals surface area contributed by atoms with Gasteiger partial charge >= 0.3 is 6.09 Å². The SMILES string of the molecule is O=C1NC[C@@H]1N(Cc1ccc(C2CCCC2)cc1)C(=O)O. The van der Waals surface area contributed by atoms with Crippen LogP contribution in [0.25, 0.3) is 0 Å². The quantitative estimate of drug-likeness (QED) is 0.835. The molecule has 2 N–H and O–H groups in total. The zero-order valence-corrected chi connectivity index (χ0v) is 11.9. The number of rotatable bonds is 4. The van der Waals surface area contributed by atoms with Crippen molar-refractivity contribution in [3.63, 3.8) is 0 Å². The first-order valence-electron chi connectivity index (χ1n) is 7.51. The Hall–Kier alpha value is -2.04. The second-order valence-electron chi connectivity index (χ2n) is 5.89. The summed E-state index contributed by atoms with van der Waals surface area (Å²) in [6.45, 7) is 0.670. The van der Waals surface area contributed by atoms with Gasteiger partial charge in [-0.3, -0.25) is 9.69 Å². The van der Waals surface area contributed by atoms with Gasteiger partial charge in [0, 0.05) is 13.1 Å². The first-order chi connectivity index (χ1) is 10.1. The predicted molar refractivity (Wildman–Crippen MR) is 78.0 cm³/mol. The van der Waals surface area contributed by atoms with Crippen LogP contribution in [-0.4, -0.2) is 34.6 Å². The first kappa shape index (κ1) is 13.9. The van der Waals surface area contributed by atoms with E-state index >= 15 is 0 Å². The molecule has 2 aliphatic rings. The van der Waals surface area contributed by atoms with E-state index < -0.39 is 12.1 Å². The van der Waals surface area contributed by atoms with Crippen molar-refractivity contribution < 1.29 is 14.7 Å². The highest BCUT2D eigenvalue weighted by molar-refractivity contribution is 5.90. The molecular weight excluding hydrogens is 268 g/mol. The number of carbonyl (C=O) groups is 2. The molecule has 21 heavy (non-hydrogen) atoms.